The molecule has 0 fully saturated rings. The van der Waals surface area contributed by atoms with Gasteiger partial charge in [0.25, 0.3) is 0 Å². The van der Waals surface area contributed by atoms with Crippen molar-refractivity contribution in [1.29, 1.82) is 0 Å². The predicted molar refractivity (Wildman–Crippen MR) is 90.6 cm³/mol. The number of aryl methyl sites for hydroxylation is 1. The zero-order valence-corrected chi connectivity index (χ0v) is 13.7. The van der Waals surface area contributed by atoms with Gasteiger partial charge in [-0.2, -0.15) is 5.10 Å². The van der Waals surface area contributed by atoms with Crippen LogP contribution in [0.1, 0.15) is 5.69 Å². The third kappa shape index (κ3) is 4.41. The van der Waals surface area contributed by atoms with Gasteiger partial charge in [0.1, 0.15) is 5.75 Å². The van der Waals surface area contributed by atoms with Crippen LogP contribution in [0.2, 0.25) is 0 Å². The summed E-state index contributed by atoms with van der Waals surface area (Å²) in [6.07, 6.45) is 1.73. The number of rotatable bonds is 4. The molecule has 0 unspecified atom stereocenters. The molecule has 0 aliphatic heterocycles. The fourth-order valence-corrected chi connectivity index (χ4v) is 1.61. The summed E-state index contributed by atoms with van der Waals surface area (Å²) < 4.78 is 6.90. The van der Waals surface area contributed by atoms with Gasteiger partial charge in [-0.1, -0.05) is 6.07 Å². The molecule has 2 aromatic rings. The first-order valence-corrected chi connectivity index (χ1v) is 5.87. The van der Waals surface area contributed by atoms with E-state index in [1.165, 1.54) is 0 Å². The van der Waals surface area contributed by atoms with Crippen LogP contribution in [0.3, 0.4) is 0 Å². The number of aliphatic imine (C=N–C) groups is 1. The summed E-state index contributed by atoms with van der Waals surface area (Å²) in [5.74, 6) is 1.12. The lowest BCUT2D eigenvalue weighted by atomic mass is 10.3. The molecular weight excluding hydrogens is 369 g/mol. The number of nitrogens with zero attached hydrogens (tertiary/aromatic N) is 3. The molecule has 1 aromatic heterocycles. The fourth-order valence-electron chi connectivity index (χ4n) is 1.61. The third-order valence-electron chi connectivity index (χ3n) is 2.68. The standard InChI is InChI=1S/C13H17N5O.HI/c1-18-11(6-7-16-18)9-15-13(14)17-10-4-3-5-12(8-10)19-2;/h3-8H,9H2,1-2H3,(H3,14,15,17);1H. The van der Waals surface area contributed by atoms with Crippen LogP contribution in [0.4, 0.5) is 5.69 Å². The highest BCUT2D eigenvalue weighted by atomic mass is 127. The first-order chi connectivity index (χ1) is 9.19. The highest BCUT2D eigenvalue weighted by Gasteiger charge is 1.99. The van der Waals surface area contributed by atoms with E-state index in [4.69, 9.17) is 10.5 Å². The summed E-state index contributed by atoms with van der Waals surface area (Å²) >= 11 is 0. The molecule has 0 atom stereocenters. The van der Waals surface area contributed by atoms with E-state index in [0.29, 0.717) is 12.5 Å². The fraction of sp³-hybridized carbons (Fsp3) is 0.231. The van der Waals surface area contributed by atoms with Crippen LogP contribution in [-0.4, -0.2) is 22.8 Å². The molecule has 0 amide bonds. The Balaban J connectivity index is 0.00000200. The molecule has 0 radical (unpaired) electrons. The Morgan fingerprint density at radius 2 is 2.25 bits per heavy atom. The van der Waals surface area contributed by atoms with E-state index in [1.54, 1.807) is 18.0 Å². The van der Waals surface area contributed by atoms with E-state index < -0.39 is 0 Å². The van der Waals surface area contributed by atoms with Gasteiger partial charge < -0.3 is 15.8 Å². The van der Waals surface area contributed by atoms with Gasteiger partial charge in [-0.15, -0.1) is 24.0 Å². The Morgan fingerprint density at radius 3 is 2.90 bits per heavy atom. The van der Waals surface area contributed by atoms with Gasteiger partial charge in [0.05, 0.1) is 19.3 Å². The first kappa shape index (κ1) is 16.3. The van der Waals surface area contributed by atoms with E-state index in [-0.39, 0.29) is 24.0 Å². The van der Waals surface area contributed by atoms with Crippen LogP contribution < -0.4 is 15.8 Å². The lowest BCUT2D eigenvalue weighted by Crippen LogP contribution is -2.22. The average Bonchev–Trinajstić information content (AvgIpc) is 2.82. The summed E-state index contributed by atoms with van der Waals surface area (Å²) in [5.41, 5.74) is 7.67. The molecule has 7 heteroatoms. The molecule has 3 N–H and O–H groups in total. The summed E-state index contributed by atoms with van der Waals surface area (Å²) in [5, 5.41) is 7.09. The average molecular weight is 387 g/mol. The number of anilines is 1. The first-order valence-electron chi connectivity index (χ1n) is 5.87. The topological polar surface area (TPSA) is 77.5 Å². The number of hydrogen-bond acceptors (Lipinski definition) is 3. The van der Waals surface area contributed by atoms with Crippen molar-refractivity contribution in [3.8, 4) is 5.75 Å². The van der Waals surface area contributed by atoms with E-state index in [9.17, 15) is 0 Å². The molecule has 0 saturated heterocycles. The molecule has 0 spiro atoms. The minimum atomic E-state index is 0. The number of halogens is 1. The van der Waals surface area contributed by atoms with Crippen LogP contribution in [0.25, 0.3) is 0 Å². The van der Waals surface area contributed by atoms with E-state index >= 15 is 0 Å². The minimum absolute atomic E-state index is 0. The van der Waals surface area contributed by atoms with Crippen LogP contribution in [0, 0.1) is 0 Å². The molecule has 0 bridgehead atoms. The number of nitrogens with one attached hydrogen (secondary N) is 1. The normalized spacial score (nSPS) is 10.8. The van der Waals surface area contributed by atoms with Gasteiger partial charge in [0, 0.05) is 25.0 Å². The number of benzene rings is 1. The summed E-state index contributed by atoms with van der Waals surface area (Å²) in [6.45, 7) is 0.485. The minimum Gasteiger partial charge on any atom is -0.497 e. The molecule has 0 aliphatic carbocycles. The molecule has 1 aromatic carbocycles. The molecule has 2 rings (SSSR count). The van der Waals surface area contributed by atoms with Gasteiger partial charge >= 0.3 is 0 Å². The Bertz CT molecular complexity index is 582. The van der Waals surface area contributed by atoms with Crippen molar-refractivity contribution in [2.24, 2.45) is 17.8 Å². The number of guanidine groups is 1. The van der Waals surface area contributed by atoms with Crippen LogP contribution in [-0.2, 0) is 13.6 Å². The summed E-state index contributed by atoms with van der Waals surface area (Å²) in [4.78, 5) is 4.26. The Labute approximate surface area is 135 Å². The smallest absolute Gasteiger partial charge is 0.193 e. The summed E-state index contributed by atoms with van der Waals surface area (Å²) in [7, 11) is 3.50. The number of hydrogen-bond donors (Lipinski definition) is 2. The second kappa shape index (κ2) is 7.73. The second-order valence-corrected chi connectivity index (χ2v) is 4.00. The van der Waals surface area contributed by atoms with Crippen molar-refractivity contribution in [2.75, 3.05) is 12.4 Å². The maximum Gasteiger partial charge on any atom is 0.193 e. The molecule has 20 heavy (non-hydrogen) atoms. The van der Waals surface area contributed by atoms with Gasteiger partial charge in [-0.25, -0.2) is 4.99 Å². The van der Waals surface area contributed by atoms with Gasteiger partial charge in [0.2, 0.25) is 0 Å². The SMILES string of the molecule is COc1cccc(NC(N)=NCc2ccnn2C)c1.I. The number of aromatic nitrogens is 2. The third-order valence-corrected chi connectivity index (χ3v) is 2.68. The van der Waals surface area contributed by atoms with Crippen molar-refractivity contribution in [3.63, 3.8) is 0 Å². The Hall–Kier alpha value is -1.77. The largest absolute Gasteiger partial charge is 0.497 e. The Kier molecular flexibility index (Phi) is 6.29. The van der Waals surface area contributed by atoms with E-state index in [2.05, 4.69) is 15.4 Å². The lowest BCUT2D eigenvalue weighted by molar-refractivity contribution is 0.415. The van der Waals surface area contributed by atoms with Gasteiger partial charge in [0.15, 0.2) is 5.96 Å². The molecular formula is C13H18IN5O. The quantitative estimate of drug-likeness (QED) is 0.478. The molecule has 6 nitrogen and oxygen atoms in total. The zero-order chi connectivity index (χ0) is 13.7. The van der Waals surface area contributed by atoms with E-state index in [1.807, 2.05) is 37.4 Å². The molecule has 0 aliphatic rings. The van der Waals surface area contributed by atoms with E-state index in [0.717, 1.165) is 17.1 Å². The molecule has 0 saturated carbocycles. The highest BCUT2D eigenvalue weighted by molar-refractivity contribution is 14.0. The highest BCUT2D eigenvalue weighted by Crippen LogP contribution is 2.16. The number of nitrogens with two attached hydrogens (primary N) is 1. The van der Waals surface area contributed by atoms with Crippen molar-refractivity contribution in [2.45, 2.75) is 6.54 Å². The van der Waals surface area contributed by atoms with Crippen molar-refractivity contribution in [3.05, 3.63) is 42.2 Å². The van der Waals surface area contributed by atoms with Gasteiger partial charge in [-0.3, -0.25) is 4.68 Å². The van der Waals surface area contributed by atoms with Crippen molar-refractivity contribution in [1.82, 2.24) is 9.78 Å². The van der Waals surface area contributed by atoms with Crippen LogP contribution in [0.15, 0.2) is 41.5 Å². The number of methoxy groups -OCH3 is 1. The molecule has 108 valence electrons. The van der Waals surface area contributed by atoms with Crippen molar-refractivity contribution >= 4 is 35.6 Å². The van der Waals surface area contributed by atoms with Crippen LogP contribution >= 0.6 is 24.0 Å². The van der Waals surface area contributed by atoms with Crippen LogP contribution in [0.5, 0.6) is 5.75 Å². The lowest BCUT2D eigenvalue weighted by Gasteiger charge is -2.07. The number of ether oxygens (including phenoxy) is 1. The Morgan fingerprint density at radius 1 is 1.45 bits per heavy atom. The maximum atomic E-state index is 5.83. The predicted octanol–water partition coefficient (Wildman–Crippen LogP) is 1.97. The van der Waals surface area contributed by atoms with Gasteiger partial charge in [-0.05, 0) is 18.2 Å². The van der Waals surface area contributed by atoms with Crippen molar-refractivity contribution < 1.29 is 4.74 Å². The zero-order valence-electron chi connectivity index (χ0n) is 11.4. The maximum absolute atomic E-state index is 5.83. The monoisotopic (exact) mass is 387 g/mol. The second-order valence-electron chi connectivity index (χ2n) is 4.00. The molecule has 1 heterocycles. The summed E-state index contributed by atoms with van der Waals surface area (Å²) in [6, 6.07) is 9.41.